The summed E-state index contributed by atoms with van der Waals surface area (Å²) in [5.41, 5.74) is 0. The second kappa shape index (κ2) is 6.08. The molecule has 0 saturated heterocycles. The van der Waals surface area contributed by atoms with Gasteiger partial charge in [-0.2, -0.15) is 25.3 Å². The number of nitrogens with zero attached hydrogens (tertiary/aromatic N) is 1. The average Bonchev–Trinajstić information content (AvgIpc) is 1.65. The SMILES string of the molecule is CN(C)C(S)CS.Cl. The number of hydrogen-bond donors (Lipinski definition) is 2. The first-order valence-electron chi connectivity index (χ1n) is 2.14. The zero-order valence-corrected chi connectivity index (χ0v) is 7.64. The first-order valence-corrected chi connectivity index (χ1v) is 3.28. The van der Waals surface area contributed by atoms with Crippen LogP contribution in [-0.2, 0) is 0 Å². The van der Waals surface area contributed by atoms with Gasteiger partial charge in [-0.3, -0.25) is 4.90 Å². The van der Waals surface area contributed by atoms with Crippen LogP contribution in [0.3, 0.4) is 0 Å². The standard InChI is InChI=1S/C4H11NS2.ClH/c1-5(2)4(7)3-6;/h4,6-7H,3H2,1-2H3;1H. The van der Waals surface area contributed by atoms with E-state index < -0.39 is 0 Å². The van der Waals surface area contributed by atoms with Gasteiger partial charge in [0.2, 0.25) is 0 Å². The highest BCUT2D eigenvalue weighted by Crippen LogP contribution is 1.98. The molecule has 0 heterocycles. The van der Waals surface area contributed by atoms with Crippen molar-refractivity contribution in [1.82, 2.24) is 4.90 Å². The number of thiol groups is 2. The van der Waals surface area contributed by atoms with Crippen LogP contribution in [0, 0.1) is 0 Å². The van der Waals surface area contributed by atoms with E-state index >= 15 is 0 Å². The predicted molar refractivity (Wildman–Crippen MR) is 47.6 cm³/mol. The molecular weight excluding hydrogens is 162 g/mol. The molecule has 0 spiro atoms. The number of hydrogen-bond acceptors (Lipinski definition) is 3. The highest BCUT2D eigenvalue weighted by atomic mass is 35.5. The van der Waals surface area contributed by atoms with Crippen LogP contribution in [0.2, 0.25) is 0 Å². The van der Waals surface area contributed by atoms with Crippen molar-refractivity contribution in [2.24, 2.45) is 0 Å². The minimum absolute atomic E-state index is 0. The molecule has 0 aliphatic rings. The summed E-state index contributed by atoms with van der Waals surface area (Å²) in [6.07, 6.45) is 0. The third-order valence-corrected chi connectivity index (χ3v) is 2.04. The summed E-state index contributed by atoms with van der Waals surface area (Å²) in [5, 5.41) is 0.295. The van der Waals surface area contributed by atoms with Gasteiger partial charge in [0.15, 0.2) is 0 Å². The Labute approximate surface area is 68.1 Å². The van der Waals surface area contributed by atoms with Gasteiger partial charge in [0.05, 0.1) is 5.37 Å². The van der Waals surface area contributed by atoms with Gasteiger partial charge in [0.1, 0.15) is 0 Å². The van der Waals surface area contributed by atoms with E-state index in [9.17, 15) is 0 Å². The summed E-state index contributed by atoms with van der Waals surface area (Å²) in [7, 11) is 3.96. The summed E-state index contributed by atoms with van der Waals surface area (Å²) in [6.45, 7) is 0. The predicted octanol–water partition coefficient (Wildman–Crippen LogP) is 1.16. The average molecular weight is 174 g/mol. The molecule has 0 aromatic carbocycles. The highest BCUT2D eigenvalue weighted by molar-refractivity contribution is 7.84. The van der Waals surface area contributed by atoms with Gasteiger partial charge in [-0.25, -0.2) is 0 Å². The van der Waals surface area contributed by atoms with E-state index in [2.05, 4.69) is 25.3 Å². The number of halogens is 1. The molecule has 1 nitrogen and oxygen atoms in total. The first-order chi connectivity index (χ1) is 3.18. The van der Waals surface area contributed by atoms with Crippen molar-refractivity contribution in [1.29, 1.82) is 0 Å². The second-order valence-electron chi connectivity index (χ2n) is 1.63. The molecular formula is C4H12ClNS2. The van der Waals surface area contributed by atoms with Crippen molar-refractivity contribution in [3.8, 4) is 0 Å². The van der Waals surface area contributed by atoms with Crippen LogP contribution in [0.5, 0.6) is 0 Å². The smallest absolute Gasteiger partial charge is 0.0611 e. The van der Waals surface area contributed by atoms with E-state index in [1.54, 1.807) is 0 Å². The summed E-state index contributed by atoms with van der Waals surface area (Å²) in [4.78, 5) is 2.01. The fraction of sp³-hybridized carbons (Fsp3) is 1.00. The fourth-order valence-electron chi connectivity index (χ4n) is 0.163. The summed E-state index contributed by atoms with van der Waals surface area (Å²) in [5.74, 6) is 0.802. The maximum atomic E-state index is 4.17. The topological polar surface area (TPSA) is 3.24 Å². The minimum atomic E-state index is 0. The maximum absolute atomic E-state index is 4.17. The van der Waals surface area contributed by atoms with Gasteiger partial charge in [-0.05, 0) is 14.1 Å². The Kier molecular flexibility index (Phi) is 8.89. The zero-order valence-electron chi connectivity index (χ0n) is 5.03. The molecule has 0 amide bonds. The molecule has 0 aliphatic carbocycles. The van der Waals surface area contributed by atoms with Gasteiger partial charge in [-0.1, -0.05) is 0 Å². The maximum Gasteiger partial charge on any atom is 0.0611 e. The molecule has 52 valence electrons. The van der Waals surface area contributed by atoms with Crippen LogP contribution >= 0.6 is 37.7 Å². The monoisotopic (exact) mass is 173 g/mol. The summed E-state index contributed by atoms with van der Waals surface area (Å²) >= 11 is 8.21. The van der Waals surface area contributed by atoms with Crippen LogP contribution in [0.4, 0.5) is 0 Å². The van der Waals surface area contributed by atoms with E-state index in [4.69, 9.17) is 0 Å². The molecule has 0 aromatic heterocycles. The molecule has 0 aliphatic heterocycles. The van der Waals surface area contributed by atoms with Crippen molar-refractivity contribution in [2.45, 2.75) is 5.37 Å². The van der Waals surface area contributed by atoms with Gasteiger partial charge in [0.25, 0.3) is 0 Å². The molecule has 0 bridgehead atoms. The van der Waals surface area contributed by atoms with Crippen LogP contribution < -0.4 is 0 Å². The molecule has 0 aromatic rings. The van der Waals surface area contributed by atoms with E-state index in [0.717, 1.165) is 5.75 Å². The van der Waals surface area contributed by atoms with Crippen molar-refractivity contribution < 1.29 is 0 Å². The van der Waals surface area contributed by atoms with E-state index in [-0.39, 0.29) is 12.4 Å². The van der Waals surface area contributed by atoms with Gasteiger partial charge in [0, 0.05) is 5.75 Å². The lowest BCUT2D eigenvalue weighted by Crippen LogP contribution is -2.23. The number of rotatable bonds is 2. The molecule has 1 unspecified atom stereocenters. The summed E-state index contributed by atoms with van der Waals surface area (Å²) in [6, 6.07) is 0. The lowest BCUT2D eigenvalue weighted by molar-refractivity contribution is 0.409. The van der Waals surface area contributed by atoms with E-state index in [1.807, 2.05) is 19.0 Å². The quantitative estimate of drug-likeness (QED) is 0.468. The molecule has 4 heteroatoms. The van der Waals surface area contributed by atoms with Gasteiger partial charge < -0.3 is 0 Å². The molecule has 0 fully saturated rings. The Morgan fingerprint density at radius 3 is 1.88 bits per heavy atom. The molecule has 0 saturated carbocycles. The van der Waals surface area contributed by atoms with E-state index in [0.29, 0.717) is 5.37 Å². The van der Waals surface area contributed by atoms with Crippen LogP contribution in [0.15, 0.2) is 0 Å². The van der Waals surface area contributed by atoms with Crippen LogP contribution in [0.1, 0.15) is 0 Å². The van der Waals surface area contributed by atoms with Crippen LogP contribution in [0.25, 0.3) is 0 Å². The lowest BCUT2D eigenvalue weighted by atomic mass is 10.7. The Morgan fingerprint density at radius 2 is 1.88 bits per heavy atom. The first kappa shape index (κ1) is 11.7. The van der Waals surface area contributed by atoms with Crippen LogP contribution in [-0.4, -0.2) is 30.1 Å². The van der Waals surface area contributed by atoms with Crippen molar-refractivity contribution >= 4 is 37.7 Å². The largest absolute Gasteiger partial charge is 0.297 e. The zero-order chi connectivity index (χ0) is 5.86. The highest BCUT2D eigenvalue weighted by Gasteiger charge is 1.98. The molecule has 8 heavy (non-hydrogen) atoms. The third kappa shape index (κ3) is 5.09. The normalized spacial score (nSPS) is 13.1. The van der Waals surface area contributed by atoms with E-state index in [1.165, 1.54) is 0 Å². The Bertz CT molecular complexity index is 51.3. The Balaban J connectivity index is 0. The lowest BCUT2D eigenvalue weighted by Gasteiger charge is -2.14. The molecule has 0 rings (SSSR count). The van der Waals surface area contributed by atoms with Gasteiger partial charge >= 0.3 is 0 Å². The minimum Gasteiger partial charge on any atom is -0.297 e. The third-order valence-electron chi connectivity index (χ3n) is 0.759. The Morgan fingerprint density at radius 1 is 1.50 bits per heavy atom. The van der Waals surface area contributed by atoms with Gasteiger partial charge in [-0.15, -0.1) is 12.4 Å². The van der Waals surface area contributed by atoms with Crippen molar-refractivity contribution in [3.05, 3.63) is 0 Å². The molecule has 0 N–H and O–H groups in total. The fourth-order valence-corrected chi connectivity index (χ4v) is 0.490. The summed E-state index contributed by atoms with van der Waals surface area (Å²) < 4.78 is 0. The molecule has 0 radical (unpaired) electrons. The second-order valence-corrected chi connectivity index (χ2v) is 2.59. The molecule has 1 atom stereocenters. The Hall–Kier alpha value is 0.950. The van der Waals surface area contributed by atoms with Crippen molar-refractivity contribution in [2.75, 3.05) is 19.8 Å². The van der Waals surface area contributed by atoms with Crippen molar-refractivity contribution in [3.63, 3.8) is 0 Å².